The molecule has 0 aliphatic carbocycles. The van der Waals surface area contributed by atoms with Crippen molar-refractivity contribution in [3.05, 3.63) is 34.6 Å². The van der Waals surface area contributed by atoms with Gasteiger partial charge in [0.25, 0.3) is 6.43 Å². The minimum absolute atomic E-state index is 0.0246. The summed E-state index contributed by atoms with van der Waals surface area (Å²) in [7, 11) is 0. The number of carbonyl (C=O) groups is 1. The molecule has 0 aliphatic heterocycles. The molecule has 0 heterocycles. The molecule has 17 heavy (non-hydrogen) atoms. The van der Waals surface area contributed by atoms with Gasteiger partial charge in [-0.15, -0.1) is 0 Å². The SMILES string of the molecule is CCOC(=O)c1cc(C#N)c(C(F)F)cc1F. The number of nitrogens with zero attached hydrogens (tertiary/aromatic N) is 1. The van der Waals surface area contributed by atoms with Gasteiger partial charge < -0.3 is 4.74 Å². The van der Waals surface area contributed by atoms with Crippen molar-refractivity contribution >= 4 is 5.97 Å². The molecule has 0 N–H and O–H groups in total. The third-order valence-electron chi connectivity index (χ3n) is 1.99. The molecule has 0 spiro atoms. The van der Waals surface area contributed by atoms with Crippen LogP contribution in [0.5, 0.6) is 0 Å². The highest BCUT2D eigenvalue weighted by Crippen LogP contribution is 2.25. The highest BCUT2D eigenvalue weighted by Gasteiger charge is 2.20. The predicted octanol–water partition coefficient (Wildman–Crippen LogP) is 2.81. The van der Waals surface area contributed by atoms with E-state index in [4.69, 9.17) is 5.26 Å². The minimum atomic E-state index is -2.98. The summed E-state index contributed by atoms with van der Waals surface area (Å²) >= 11 is 0. The van der Waals surface area contributed by atoms with Gasteiger partial charge in [0.1, 0.15) is 5.82 Å². The number of halogens is 3. The van der Waals surface area contributed by atoms with Crippen LogP contribution in [0, 0.1) is 17.1 Å². The third kappa shape index (κ3) is 2.75. The fourth-order valence-electron chi connectivity index (χ4n) is 1.23. The van der Waals surface area contributed by atoms with Crippen molar-refractivity contribution < 1.29 is 22.7 Å². The van der Waals surface area contributed by atoms with Crippen molar-refractivity contribution in [2.75, 3.05) is 6.61 Å². The Morgan fingerprint density at radius 1 is 1.53 bits per heavy atom. The lowest BCUT2D eigenvalue weighted by atomic mass is 10.0. The summed E-state index contributed by atoms with van der Waals surface area (Å²) < 4.78 is 42.8. The summed E-state index contributed by atoms with van der Waals surface area (Å²) in [4.78, 5) is 11.3. The molecule has 1 rings (SSSR count). The van der Waals surface area contributed by atoms with E-state index in [2.05, 4.69) is 4.74 Å². The van der Waals surface area contributed by atoms with E-state index in [1.807, 2.05) is 0 Å². The third-order valence-corrected chi connectivity index (χ3v) is 1.99. The van der Waals surface area contributed by atoms with E-state index >= 15 is 0 Å². The monoisotopic (exact) mass is 243 g/mol. The Morgan fingerprint density at radius 3 is 2.65 bits per heavy atom. The quantitative estimate of drug-likeness (QED) is 0.767. The van der Waals surface area contributed by atoms with Crippen LogP contribution in [0.1, 0.15) is 34.8 Å². The Morgan fingerprint density at radius 2 is 2.18 bits per heavy atom. The highest BCUT2D eigenvalue weighted by molar-refractivity contribution is 5.90. The van der Waals surface area contributed by atoms with E-state index in [1.54, 1.807) is 0 Å². The van der Waals surface area contributed by atoms with Gasteiger partial charge in [0, 0.05) is 5.56 Å². The lowest BCUT2D eigenvalue weighted by molar-refractivity contribution is 0.0520. The largest absolute Gasteiger partial charge is 0.462 e. The van der Waals surface area contributed by atoms with Crippen molar-refractivity contribution in [2.45, 2.75) is 13.3 Å². The highest BCUT2D eigenvalue weighted by atomic mass is 19.3. The second-order valence-corrected chi connectivity index (χ2v) is 3.05. The van der Waals surface area contributed by atoms with Crippen LogP contribution in [0.4, 0.5) is 13.2 Å². The van der Waals surface area contributed by atoms with Crippen molar-refractivity contribution in [3.63, 3.8) is 0 Å². The number of hydrogen-bond donors (Lipinski definition) is 0. The molecular formula is C11H8F3NO2. The van der Waals surface area contributed by atoms with Crippen LogP contribution in [-0.4, -0.2) is 12.6 Å². The maximum atomic E-state index is 13.4. The van der Waals surface area contributed by atoms with E-state index in [0.29, 0.717) is 6.07 Å². The number of hydrogen-bond acceptors (Lipinski definition) is 3. The lowest BCUT2D eigenvalue weighted by Crippen LogP contribution is -2.09. The van der Waals surface area contributed by atoms with Crippen LogP contribution in [0.25, 0.3) is 0 Å². The average molecular weight is 243 g/mol. The second-order valence-electron chi connectivity index (χ2n) is 3.05. The standard InChI is InChI=1S/C11H8F3NO2/c1-2-17-11(16)8-3-6(5-15)7(10(13)14)4-9(8)12/h3-4,10H,2H2,1H3. The summed E-state index contributed by atoms with van der Waals surface area (Å²) in [6, 6.07) is 2.74. The second kappa shape index (κ2) is 5.34. The van der Waals surface area contributed by atoms with E-state index < -0.39 is 34.9 Å². The molecule has 90 valence electrons. The zero-order chi connectivity index (χ0) is 13.0. The Bertz CT molecular complexity index is 480. The van der Waals surface area contributed by atoms with Crippen LogP contribution < -0.4 is 0 Å². The smallest absolute Gasteiger partial charge is 0.341 e. The topological polar surface area (TPSA) is 50.1 Å². The van der Waals surface area contributed by atoms with Crippen molar-refractivity contribution in [1.82, 2.24) is 0 Å². The van der Waals surface area contributed by atoms with Crippen LogP contribution in [0.3, 0.4) is 0 Å². The first-order chi connectivity index (χ1) is 8.01. The maximum Gasteiger partial charge on any atom is 0.341 e. The van der Waals surface area contributed by atoms with Gasteiger partial charge in [0.05, 0.1) is 23.8 Å². The fraction of sp³-hybridized carbons (Fsp3) is 0.273. The number of nitriles is 1. The number of alkyl halides is 2. The molecule has 0 saturated carbocycles. The first-order valence-electron chi connectivity index (χ1n) is 4.70. The van der Waals surface area contributed by atoms with E-state index in [9.17, 15) is 18.0 Å². The molecule has 0 unspecified atom stereocenters. The number of rotatable bonds is 3. The lowest BCUT2D eigenvalue weighted by Gasteiger charge is -2.07. The number of carbonyl (C=O) groups excluding carboxylic acids is 1. The van der Waals surface area contributed by atoms with E-state index in [0.717, 1.165) is 6.07 Å². The Labute approximate surface area is 95.4 Å². The van der Waals surface area contributed by atoms with Crippen molar-refractivity contribution in [1.29, 1.82) is 5.26 Å². The normalized spacial score (nSPS) is 10.1. The van der Waals surface area contributed by atoms with Crippen LogP contribution in [0.15, 0.2) is 12.1 Å². The molecule has 0 bridgehead atoms. The molecule has 1 aromatic rings. The first kappa shape index (κ1) is 13.0. The van der Waals surface area contributed by atoms with Gasteiger partial charge in [-0.05, 0) is 19.1 Å². The summed E-state index contributed by atoms with van der Waals surface area (Å²) in [6.45, 7) is 1.55. The molecule has 0 aliphatic rings. The van der Waals surface area contributed by atoms with Gasteiger partial charge in [0.15, 0.2) is 0 Å². The molecule has 0 atom stereocenters. The predicted molar refractivity (Wildman–Crippen MR) is 52.0 cm³/mol. The summed E-state index contributed by atoms with van der Waals surface area (Å²) in [5.41, 5.74) is -1.70. The Hall–Kier alpha value is -2.03. The van der Waals surface area contributed by atoms with Crippen LogP contribution in [-0.2, 0) is 4.74 Å². The van der Waals surface area contributed by atoms with Gasteiger partial charge in [-0.3, -0.25) is 0 Å². The summed E-state index contributed by atoms with van der Waals surface area (Å²) in [6.07, 6.45) is -2.98. The van der Waals surface area contributed by atoms with Crippen molar-refractivity contribution in [2.24, 2.45) is 0 Å². The van der Waals surface area contributed by atoms with Gasteiger partial charge in [-0.25, -0.2) is 18.0 Å². The van der Waals surface area contributed by atoms with Gasteiger partial charge in [-0.1, -0.05) is 0 Å². The Balaban J connectivity index is 3.28. The number of esters is 1. The summed E-state index contributed by atoms with van der Waals surface area (Å²) in [5.74, 6) is -2.11. The zero-order valence-electron chi connectivity index (χ0n) is 8.84. The fourth-order valence-corrected chi connectivity index (χ4v) is 1.23. The molecule has 1 aromatic carbocycles. The van der Waals surface area contributed by atoms with Crippen LogP contribution >= 0.6 is 0 Å². The molecular weight excluding hydrogens is 235 g/mol. The molecule has 3 nitrogen and oxygen atoms in total. The molecule has 0 amide bonds. The molecule has 0 fully saturated rings. The summed E-state index contributed by atoms with van der Waals surface area (Å²) in [5, 5.41) is 8.64. The molecule has 0 saturated heterocycles. The minimum Gasteiger partial charge on any atom is -0.462 e. The zero-order valence-corrected chi connectivity index (χ0v) is 8.84. The van der Waals surface area contributed by atoms with Gasteiger partial charge in [-0.2, -0.15) is 5.26 Å². The number of benzene rings is 1. The van der Waals surface area contributed by atoms with E-state index in [1.165, 1.54) is 13.0 Å². The average Bonchev–Trinajstić information content (AvgIpc) is 2.28. The number of ether oxygens (including phenoxy) is 1. The molecule has 6 heteroatoms. The van der Waals surface area contributed by atoms with Crippen molar-refractivity contribution in [3.8, 4) is 6.07 Å². The van der Waals surface area contributed by atoms with Crippen LogP contribution in [0.2, 0.25) is 0 Å². The Kier molecular flexibility index (Phi) is 4.10. The van der Waals surface area contributed by atoms with Gasteiger partial charge >= 0.3 is 5.97 Å². The van der Waals surface area contributed by atoms with E-state index in [-0.39, 0.29) is 6.61 Å². The first-order valence-corrected chi connectivity index (χ1v) is 4.70. The molecule has 0 aromatic heterocycles. The molecule has 0 radical (unpaired) electrons. The maximum absolute atomic E-state index is 13.4. The van der Waals surface area contributed by atoms with Gasteiger partial charge in [0.2, 0.25) is 0 Å².